The van der Waals surface area contributed by atoms with Gasteiger partial charge in [0, 0.05) is 28.9 Å². The number of carbonyl (C=O) groups excluding carboxylic acids is 1. The second-order valence-corrected chi connectivity index (χ2v) is 6.99. The SMILES string of the molecule is CCC1(C(=O)O)CC1c1ccc(NC(=O)c2cccc(NC=NN)c2)cc1OC. The van der Waals surface area contributed by atoms with E-state index >= 15 is 0 Å². The lowest BCUT2D eigenvalue weighted by Crippen LogP contribution is -2.16. The van der Waals surface area contributed by atoms with Crippen molar-refractivity contribution in [3.8, 4) is 5.75 Å². The fourth-order valence-electron chi connectivity index (χ4n) is 3.63. The van der Waals surface area contributed by atoms with Gasteiger partial charge in [0.25, 0.3) is 5.91 Å². The van der Waals surface area contributed by atoms with Crippen molar-refractivity contribution < 1.29 is 19.4 Å². The van der Waals surface area contributed by atoms with E-state index in [2.05, 4.69) is 15.7 Å². The van der Waals surface area contributed by atoms with Crippen LogP contribution in [-0.4, -0.2) is 30.4 Å². The molecule has 1 aliphatic carbocycles. The van der Waals surface area contributed by atoms with Gasteiger partial charge in [-0.2, -0.15) is 5.10 Å². The summed E-state index contributed by atoms with van der Waals surface area (Å²) in [5.74, 6) is 4.48. The van der Waals surface area contributed by atoms with E-state index < -0.39 is 11.4 Å². The molecule has 0 radical (unpaired) electrons. The molecule has 5 N–H and O–H groups in total. The number of benzene rings is 2. The lowest BCUT2D eigenvalue weighted by atomic mass is 9.95. The third kappa shape index (κ3) is 4.01. The van der Waals surface area contributed by atoms with Gasteiger partial charge in [-0.05, 0) is 42.7 Å². The van der Waals surface area contributed by atoms with Gasteiger partial charge in [-0.15, -0.1) is 0 Å². The molecule has 2 atom stereocenters. The van der Waals surface area contributed by atoms with E-state index in [4.69, 9.17) is 10.6 Å². The second-order valence-electron chi connectivity index (χ2n) is 6.99. The molecule has 152 valence electrons. The van der Waals surface area contributed by atoms with Crippen molar-refractivity contribution in [1.82, 2.24) is 0 Å². The summed E-state index contributed by atoms with van der Waals surface area (Å²) < 4.78 is 5.47. The van der Waals surface area contributed by atoms with E-state index in [1.165, 1.54) is 13.4 Å². The van der Waals surface area contributed by atoms with Gasteiger partial charge in [0.1, 0.15) is 12.1 Å². The molecule has 3 rings (SSSR count). The van der Waals surface area contributed by atoms with Gasteiger partial charge in [0.2, 0.25) is 0 Å². The number of carboxylic acids is 1. The Kier molecular flexibility index (Phi) is 5.72. The van der Waals surface area contributed by atoms with Crippen LogP contribution in [0.4, 0.5) is 11.4 Å². The van der Waals surface area contributed by atoms with Crippen molar-refractivity contribution in [2.24, 2.45) is 16.4 Å². The Balaban J connectivity index is 1.77. The van der Waals surface area contributed by atoms with Crippen LogP contribution < -0.4 is 21.2 Å². The minimum absolute atomic E-state index is 0.0864. The molecule has 8 heteroatoms. The van der Waals surface area contributed by atoms with Crippen LogP contribution >= 0.6 is 0 Å². The highest BCUT2D eigenvalue weighted by Gasteiger charge is 2.60. The second kappa shape index (κ2) is 8.22. The maximum Gasteiger partial charge on any atom is 0.310 e. The first-order chi connectivity index (χ1) is 13.9. The Hall–Kier alpha value is -3.55. The number of hydrazone groups is 1. The number of methoxy groups -OCH3 is 1. The Morgan fingerprint density at radius 2 is 2.10 bits per heavy atom. The van der Waals surface area contributed by atoms with Gasteiger partial charge in [0.15, 0.2) is 0 Å². The summed E-state index contributed by atoms with van der Waals surface area (Å²) in [6, 6.07) is 12.2. The van der Waals surface area contributed by atoms with Crippen molar-refractivity contribution in [1.29, 1.82) is 0 Å². The summed E-state index contributed by atoms with van der Waals surface area (Å²) in [5.41, 5.74) is 1.83. The third-order valence-corrected chi connectivity index (χ3v) is 5.43. The Morgan fingerprint density at radius 3 is 2.72 bits per heavy atom. The first-order valence-electron chi connectivity index (χ1n) is 9.26. The number of carboxylic acid groups (broad SMARTS) is 1. The molecule has 2 unspecified atom stereocenters. The van der Waals surface area contributed by atoms with Gasteiger partial charge in [0.05, 0.1) is 12.5 Å². The van der Waals surface area contributed by atoms with Crippen LogP contribution in [-0.2, 0) is 4.79 Å². The summed E-state index contributed by atoms with van der Waals surface area (Å²) in [6.45, 7) is 1.89. The molecule has 2 aromatic carbocycles. The summed E-state index contributed by atoms with van der Waals surface area (Å²) in [6.07, 6.45) is 2.48. The molecule has 0 spiro atoms. The number of ether oxygens (including phenoxy) is 1. The normalized spacial score (nSPS) is 20.3. The minimum Gasteiger partial charge on any atom is -0.496 e. The number of rotatable bonds is 8. The van der Waals surface area contributed by atoms with Crippen LogP contribution in [0.3, 0.4) is 0 Å². The van der Waals surface area contributed by atoms with Gasteiger partial charge in [-0.1, -0.05) is 19.1 Å². The van der Waals surface area contributed by atoms with Gasteiger partial charge in [-0.3, -0.25) is 9.59 Å². The lowest BCUT2D eigenvalue weighted by Gasteiger charge is -2.14. The Morgan fingerprint density at radius 1 is 1.31 bits per heavy atom. The predicted octanol–water partition coefficient (Wildman–Crippen LogP) is 3.23. The zero-order chi connectivity index (χ0) is 21.0. The van der Waals surface area contributed by atoms with Crippen LogP contribution in [0.5, 0.6) is 5.75 Å². The molecule has 2 aromatic rings. The summed E-state index contributed by atoms with van der Waals surface area (Å²) in [7, 11) is 1.54. The molecule has 0 heterocycles. The maximum absolute atomic E-state index is 12.6. The topological polar surface area (TPSA) is 126 Å². The Labute approximate surface area is 168 Å². The summed E-state index contributed by atoms with van der Waals surface area (Å²) in [4.78, 5) is 24.2. The molecule has 0 saturated heterocycles. The molecule has 0 aliphatic heterocycles. The summed E-state index contributed by atoms with van der Waals surface area (Å²) >= 11 is 0. The fourth-order valence-corrected chi connectivity index (χ4v) is 3.63. The molecule has 0 bridgehead atoms. The quantitative estimate of drug-likeness (QED) is 0.235. The number of aliphatic carboxylic acids is 1. The standard InChI is InChI=1S/C21H24N4O4/c1-3-21(20(27)28)11-17(21)16-8-7-15(10-18(16)29-2)25-19(26)13-5-4-6-14(9-13)23-12-24-22/h4-10,12,17H,3,11,22H2,1-2H3,(H,23,24)(H,25,26)(H,27,28). The lowest BCUT2D eigenvalue weighted by molar-refractivity contribution is -0.143. The highest BCUT2D eigenvalue weighted by Crippen LogP contribution is 2.63. The minimum atomic E-state index is -0.780. The Bertz CT molecular complexity index is 959. The molecule has 8 nitrogen and oxygen atoms in total. The van der Waals surface area contributed by atoms with E-state index in [-0.39, 0.29) is 11.8 Å². The predicted molar refractivity (Wildman–Crippen MR) is 111 cm³/mol. The fraction of sp³-hybridized carbons (Fsp3) is 0.286. The third-order valence-electron chi connectivity index (χ3n) is 5.43. The van der Waals surface area contributed by atoms with E-state index in [0.717, 1.165) is 5.56 Å². The first-order valence-corrected chi connectivity index (χ1v) is 9.26. The van der Waals surface area contributed by atoms with E-state index in [9.17, 15) is 14.7 Å². The number of carbonyl (C=O) groups is 2. The van der Waals surface area contributed by atoms with Crippen LogP contribution in [0, 0.1) is 5.41 Å². The molecule has 1 saturated carbocycles. The first kappa shape index (κ1) is 20.2. The molecular formula is C21H24N4O4. The number of amides is 1. The van der Waals surface area contributed by atoms with Crippen LogP contribution in [0.1, 0.15) is 41.6 Å². The number of anilines is 2. The zero-order valence-corrected chi connectivity index (χ0v) is 16.3. The number of hydrogen-bond acceptors (Lipinski definition) is 5. The van der Waals surface area contributed by atoms with Gasteiger partial charge in [-0.25, -0.2) is 0 Å². The van der Waals surface area contributed by atoms with Crippen molar-refractivity contribution in [3.63, 3.8) is 0 Å². The average Bonchev–Trinajstić information content (AvgIpc) is 3.48. The maximum atomic E-state index is 12.6. The molecule has 1 fully saturated rings. The number of nitrogens with one attached hydrogen (secondary N) is 2. The molecule has 1 aliphatic rings. The van der Waals surface area contributed by atoms with Gasteiger partial charge < -0.3 is 26.3 Å². The van der Waals surface area contributed by atoms with Crippen LogP contribution in [0.15, 0.2) is 47.6 Å². The molecule has 1 amide bonds. The van der Waals surface area contributed by atoms with Gasteiger partial charge >= 0.3 is 5.97 Å². The monoisotopic (exact) mass is 396 g/mol. The molecule has 29 heavy (non-hydrogen) atoms. The smallest absolute Gasteiger partial charge is 0.310 e. The van der Waals surface area contributed by atoms with E-state index in [1.54, 1.807) is 36.4 Å². The zero-order valence-electron chi connectivity index (χ0n) is 16.3. The van der Waals surface area contributed by atoms with Crippen LogP contribution in [0.25, 0.3) is 0 Å². The van der Waals surface area contributed by atoms with Crippen molar-refractivity contribution in [3.05, 3.63) is 53.6 Å². The summed E-state index contributed by atoms with van der Waals surface area (Å²) in [5, 5.41) is 18.6. The van der Waals surface area contributed by atoms with Crippen molar-refractivity contribution in [2.75, 3.05) is 17.7 Å². The van der Waals surface area contributed by atoms with E-state index in [1.807, 2.05) is 13.0 Å². The molecule has 0 aromatic heterocycles. The number of nitrogens with zero attached hydrogens (tertiary/aromatic N) is 1. The highest BCUT2D eigenvalue weighted by molar-refractivity contribution is 6.05. The van der Waals surface area contributed by atoms with E-state index in [0.29, 0.717) is 35.5 Å². The highest BCUT2D eigenvalue weighted by atomic mass is 16.5. The van der Waals surface area contributed by atoms with Crippen molar-refractivity contribution >= 4 is 29.6 Å². The molecular weight excluding hydrogens is 372 g/mol. The number of hydrogen-bond donors (Lipinski definition) is 4. The van der Waals surface area contributed by atoms with Crippen molar-refractivity contribution in [2.45, 2.75) is 25.7 Å². The van der Waals surface area contributed by atoms with Crippen LogP contribution in [0.2, 0.25) is 0 Å². The average molecular weight is 396 g/mol. The largest absolute Gasteiger partial charge is 0.496 e. The number of nitrogens with two attached hydrogens (primary N) is 1.